The maximum Gasteiger partial charge on any atom is 0.130 e. The van der Waals surface area contributed by atoms with Crippen LogP contribution < -0.4 is 0 Å². The largest absolute Gasteiger partial charge is 0.392 e. The fraction of sp³-hybridized carbons (Fsp3) is 0.100. The molecule has 0 aliphatic carbocycles. The lowest BCUT2D eigenvalue weighted by Gasteiger charge is -2.01. The highest BCUT2D eigenvalue weighted by molar-refractivity contribution is 7.13. The molecule has 72 valence electrons. The van der Waals surface area contributed by atoms with Crippen molar-refractivity contribution in [2.75, 3.05) is 0 Å². The van der Waals surface area contributed by atoms with Crippen molar-refractivity contribution in [1.82, 2.24) is 4.98 Å². The predicted octanol–water partition coefficient (Wildman–Crippen LogP) is 2.96. The Hall–Kier alpha value is -0.900. The average Bonchev–Trinajstić information content (AvgIpc) is 2.69. The van der Waals surface area contributed by atoms with E-state index in [2.05, 4.69) is 4.98 Å². The van der Waals surface area contributed by atoms with Crippen molar-refractivity contribution in [3.63, 3.8) is 0 Å². The minimum atomic E-state index is -0.0133. The second kappa shape index (κ2) is 4.09. The van der Waals surface area contributed by atoms with E-state index >= 15 is 0 Å². The number of aliphatic hydroxyl groups excluding tert-OH is 1. The normalized spacial score (nSPS) is 10.4. The molecule has 2 heterocycles. The molecule has 0 aliphatic heterocycles. The zero-order valence-electron chi connectivity index (χ0n) is 7.27. The third kappa shape index (κ3) is 1.95. The van der Waals surface area contributed by atoms with E-state index in [4.69, 9.17) is 16.7 Å². The summed E-state index contributed by atoms with van der Waals surface area (Å²) in [7, 11) is 0. The third-order valence-electron chi connectivity index (χ3n) is 1.81. The molecular weight excluding hydrogens is 218 g/mol. The molecule has 0 amide bonds. The van der Waals surface area contributed by atoms with Gasteiger partial charge in [-0.05, 0) is 29.1 Å². The summed E-state index contributed by atoms with van der Waals surface area (Å²) in [6, 6.07) is 7.45. The van der Waals surface area contributed by atoms with Crippen molar-refractivity contribution in [3.05, 3.63) is 40.4 Å². The molecule has 0 aliphatic rings. The van der Waals surface area contributed by atoms with Crippen molar-refractivity contribution in [3.8, 4) is 10.6 Å². The van der Waals surface area contributed by atoms with Gasteiger partial charge in [0.25, 0.3) is 0 Å². The highest BCUT2D eigenvalue weighted by Crippen LogP contribution is 2.25. The fourth-order valence-corrected chi connectivity index (χ4v) is 2.11. The average molecular weight is 226 g/mol. The second-order valence-corrected chi connectivity index (χ2v) is 4.15. The molecule has 2 aromatic rings. The summed E-state index contributed by atoms with van der Waals surface area (Å²) in [4.78, 5) is 5.25. The zero-order valence-corrected chi connectivity index (χ0v) is 8.85. The third-order valence-corrected chi connectivity index (χ3v) is 2.90. The summed E-state index contributed by atoms with van der Waals surface area (Å²) in [5.74, 6) is 0. The molecule has 14 heavy (non-hydrogen) atoms. The van der Waals surface area contributed by atoms with Gasteiger partial charge in [-0.2, -0.15) is 0 Å². The van der Waals surface area contributed by atoms with Gasteiger partial charge in [0.2, 0.25) is 0 Å². The van der Waals surface area contributed by atoms with Gasteiger partial charge >= 0.3 is 0 Å². The van der Waals surface area contributed by atoms with Crippen LogP contribution >= 0.6 is 22.9 Å². The monoisotopic (exact) mass is 225 g/mol. The van der Waals surface area contributed by atoms with E-state index in [1.807, 2.05) is 23.6 Å². The molecule has 0 bridgehead atoms. The van der Waals surface area contributed by atoms with Gasteiger partial charge in [-0.25, -0.2) is 4.98 Å². The minimum absolute atomic E-state index is 0.0133. The summed E-state index contributed by atoms with van der Waals surface area (Å²) in [6.07, 6.45) is 0. The van der Waals surface area contributed by atoms with Crippen LogP contribution in [0.25, 0.3) is 10.6 Å². The Kier molecular flexibility index (Phi) is 2.82. The van der Waals surface area contributed by atoms with Gasteiger partial charge in [-0.3, -0.25) is 0 Å². The number of aliphatic hydroxyl groups is 1. The number of halogens is 1. The summed E-state index contributed by atoms with van der Waals surface area (Å²) in [5, 5.41) is 11.4. The quantitative estimate of drug-likeness (QED) is 0.798. The Labute approximate surface area is 90.8 Å². The van der Waals surface area contributed by atoms with Crippen LogP contribution in [0.4, 0.5) is 0 Å². The van der Waals surface area contributed by atoms with Gasteiger partial charge < -0.3 is 5.11 Å². The molecule has 0 saturated carbocycles. The van der Waals surface area contributed by atoms with Crippen LogP contribution in [0.2, 0.25) is 5.15 Å². The van der Waals surface area contributed by atoms with Crippen LogP contribution in [0.15, 0.2) is 29.6 Å². The molecule has 1 N–H and O–H groups in total. The fourth-order valence-electron chi connectivity index (χ4n) is 1.19. The van der Waals surface area contributed by atoms with E-state index in [1.54, 1.807) is 17.4 Å². The predicted molar refractivity (Wildman–Crippen MR) is 58.5 cm³/mol. The smallest absolute Gasteiger partial charge is 0.130 e. The molecule has 0 radical (unpaired) electrons. The van der Waals surface area contributed by atoms with Gasteiger partial charge in [-0.1, -0.05) is 17.7 Å². The van der Waals surface area contributed by atoms with E-state index in [-0.39, 0.29) is 6.61 Å². The van der Waals surface area contributed by atoms with Crippen LogP contribution in [0.5, 0.6) is 0 Å². The lowest BCUT2D eigenvalue weighted by Crippen LogP contribution is -1.88. The minimum Gasteiger partial charge on any atom is -0.392 e. The molecule has 0 unspecified atom stereocenters. The van der Waals surface area contributed by atoms with Crippen LogP contribution in [-0.4, -0.2) is 10.1 Å². The number of aromatic nitrogens is 1. The highest BCUT2D eigenvalue weighted by Gasteiger charge is 2.03. The molecule has 2 rings (SSSR count). The molecule has 0 aromatic carbocycles. The maximum absolute atomic E-state index is 9.00. The number of hydrogen-bond acceptors (Lipinski definition) is 3. The lowest BCUT2D eigenvalue weighted by molar-refractivity contribution is 0.282. The van der Waals surface area contributed by atoms with Gasteiger partial charge in [0.05, 0.1) is 17.2 Å². The summed E-state index contributed by atoms with van der Waals surface area (Å²) in [6.45, 7) is -0.0133. The molecule has 2 nitrogen and oxygen atoms in total. The van der Waals surface area contributed by atoms with Crippen molar-refractivity contribution in [2.24, 2.45) is 0 Å². The molecular formula is C10H8ClNOS. The SMILES string of the molecule is OCc1cc(Cl)nc(-c2cccs2)c1. The van der Waals surface area contributed by atoms with Crippen molar-refractivity contribution < 1.29 is 5.11 Å². The molecule has 4 heteroatoms. The van der Waals surface area contributed by atoms with Crippen LogP contribution in [0.1, 0.15) is 5.56 Å². The number of hydrogen-bond donors (Lipinski definition) is 1. The number of nitrogens with zero attached hydrogens (tertiary/aromatic N) is 1. The van der Waals surface area contributed by atoms with Crippen molar-refractivity contribution in [1.29, 1.82) is 0 Å². The maximum atomic E-state index is 9.00. The lowest BCUT2D eigenvalue weighted by atomic mass is 10.2. The summed E-state index contributed by atoms with van der Waals surface area (Å²) >= 11 is 7.43. The molecule has 2 aromatic heterocycles. The number of rotatable bonds is 2. The number of thiophene rings is 1. The Morgan fingerprint density at radius 3 is 2.93 bits per heavy atom. The van der Waals surface area contributed by atoms with Crippen LogP contribution in [0, 0.1) is 0 Å². The van der Waals surface area contributed by atoms with E-state index in [9.17, 15) is 0 Å². The van der Waals surface area contributed by atoms with Crippen LogP contribution in [-0.2, 0) is 6.61 Å². The van der Waals surface area contributed by atoms with Gasteiger partial charge in [0.1, 0.15) is 5.15 Å². The Morgan fingerprint density at radius 2 is 2.29 bits per heavy atom. The first kappa shape index (κ1) is 9.65. The first-order chi connectivity index (χ1) is 6.79. The number of pyridine rings is 1. The molecule has 0 saturated heterocycles. The molecule has 0 fully saturated rings. The topological polar surface area (TPSA) is 33.1 Å². The summed E-state index contributed by atoms with van der Waals surface area (Å²) < 4.78 is 0. The standard InChI is InChI=1S/C10H8ClNOS/c11-10-5-7(6-13)4-8(12-10)9-2-1-3-14-9/h1-5,13H,6H2. The second-order valence-electron chi connectivity index (χ2n) is 2.82. The first-order valence-corrected chi connectivity index (χ1v) is 5.36. The molecule has 0 spiro atoms. The Bertz CT molecular complexity index is 428. The van der Waals surface area contributed by atoms with E-state index in [0.717, 1.165) is 16.1 Å². The van der Waals surface area contributed by atoms with E-state index in [1.165, 1.54) is 0 Å². The van der Waals surface area contributed by atoms with Gasteiger partial charge in [0.15, 0.2) is 0 Å². The van der Waals surface area contributed by atoms with Crippen molar-refractivity contribution in [2.45, 2.75) is 6.61 Å². The highest BCUT2D eigenvalue weighted by atomic mass is 35.5. The Balaban J connectivity index is 2.48. The van der Waals surface area contributed by atoms with Gasteiger partial charge in [0, 0.05) is 0 Å². The first-order valence-electron chi connectivity index (χ1n) is 4.11. The Morgan fingerprint density at radius 1 is 1.43 bits per heavy atom. The molecule has 0 atom stereocenters. The van der Waals surface area contributed by atoms with Gasteiger partial charge in [-0.15, -0.1) is 11.3 Å². The van der Waals surface area contributed by atoms with Crippen LogP contribution in [0.3, 0.4) is 0 Å². The van der Waals surface area contributed by atoms with Crippen molar-refractivity contribution >= 4 is 22.9 Å². The van der Waals surface area contributed by atoms with E-state index in [0.29, 0.717) is 5.15 Å². The summed E-state index contributed by atoms with van der Waals surface area (Å²) in [5.41, 5.74) is 1.60. The zero-order chi connectivity index (χ0) is 9.97. The van der Waals surface area contributed by atoms with E-state index < -0.39 is 0 Å².